The number of anilines is 2. The third-order valence-corrected chi connectivity index (χ3v) is 5.51. The van der Waals surface area contributed by atoms with Gasteiger partial charge in [0.15, 0.2) is 0 Å². The topological polar surface area (TPSA) is 32.3 Å². The van der Waals surface area contributed by atoms with Gasteiger partial charge in [-0.1, -0.05) is 30.7 Å². The SMILES string of the molecule is CC[C@H]1CN(CC(=O)Nc2ccc(Cl)cc2)c2ccccc2S1. The van der Waals surface area contributed by atoms with Crippen molar-refractivity contribution in [1.82, 2.24) is 0 Å². The molecule has 2 aromatic rings. The number of nitrogens with zero attached hydrogens (tertiary/aromatic N) is 1. The molecule has 1 heterocycles. The summed E-state index contributed by atoms with van der Waals surface area (Å²) in [6.07, 6.45) is 1.09. The Hall–Kier alpha value is -1.65. The molecular weight excluding hydrogens is 328 g/mol. The minimum absolute atomic E-state index is 0.0103. The highest BCUT2D eigenvalue weighted by atomic mass is 35.5. The maximum atomic E-state index is 12.4. The molecule has 0 aromatic heterocycles. The second-order valence-corrected chi connectivity index (χ2v) is 7.33. The summed E-state index contributed by atoms with van der Waals surface area (Å²) < 4.78 is 0. The molecule has 1 N–H and O–H groups in total. The lowest BCUT2D eigenvalue weighted by Crippen LogP contribution is -2.40. The molecule has 3 nitrogen and oxygen atoms in total. The van der Waals surface area contributed by atoms with Crippen molar-refractivity contribution in [3.05, 3.63) is 53.6 Å². The van der Waals surface area contributed by atoms with Gasteiger partial charge in [-0.3, -0.25) is 4.79 Å². The first-order valence-corrected chi connectivity index (χ1v) is 8.97. The van der Waals surface area contributed by atoms with E-state index in [2.05, 4.69) is 35.3 Å². The minimum atomic E-state index is -0.0103. The van der Waals surface area contributed by atoms with Crippen LogP contribution in [0.15, 0.2) is 53.4 Å². The van der Waals surface area contributed by atoms with Crippen molar-refractivity contribution in [3.8, 4) is 0 Å². The molecule has 0 saturated carbocycles. The molecule has 1 aliphatic rings. The molecule has 0 aliphatic carbocycles. The van der Waals surface area contributed by atoms with E-state index in [0.717, 1.165) is 24.3 Å². The summed E-state index contributed by atoms with van der Waals surface area (Å²) in [5.41, 5.74) is 1.92. The lowest BCUT2D eigenvalue weighted by atomic mass is 10.2. The van der Waals surface area contributed by atoms with Gasteiger partial charge in [-0.2, -0.15) is 0 Å². The first-order chi connectivity index (χ1) is 11.2. The quantitative estimate of drug-likeness (QED) is 0.873. The number of rotatable bonds is 4. The van der Waals surface area contributed by atoms with Crippen molar-refractivity contribution in [2.45, 2.75) is 23.5 Å². The molecule has 0 saturated heterocycles. The predicted molar refractivity (Wildman–Crippen MR) is 98.7 cm³/mol. The van der Waals surface area contributed by atoms with Crippen LogP contribution in [0.25, 0.3) is 0 Å². The van der Waals surface area contributed by atoms with Crippen LogP contribution in [0, 0.1) is 0 Å². The third-order valence-electron chi connectivity index (χ3n) is 3.84. The van der Waals surface area contributed by atoms with E-state index in [0.29, 0.717) is 16.8 Å². The van der Waals surface area contributed by atoms with E-state index in [1.165, 1.54) is 4.90 Å². The highest BCUT2D eigenvalue weighted by Crippen LogP contribution is 2.39. The van der Waals surface area contributed by atoms with Gasteiger partial charge in [0.1, 0.15) is 0 Å². The van der Waals surface area contributed by atoms with Gasteiger partial charge in [0, 0.05) is 27.4 Å². The summed E-state index contributed by atoms with van der Waals surface area (Å²) in [5, 5.41) is 4.12. The maximum Gasteiger partial charge on any atom is 0.243 e. The molecule has 120 valence electrons. The number of carbonyl (C=O) groups excluding carboxylic acids is 1. The van der Waals surface area contributed by atoms with Crippen LogP contribution in [0.5, 0.6) is 0 Å². The van der Waals surface area contributed by atoms with Crippen molar-refractivity contribution in [2.24, 2.45) is 0 Å². The van der Waals surface area contributed by atoms with Crippen molar-refractivity contribution < 1.29 is 4.79 Å². The summed E-state index contributed by atoms with van der Waals surface area (Å²) in [5.74, 6) is -0.0103. The fraction of sp³-hybridized carbons (Fsp3) is 0.278. The van der Waals surface area contributed by atoms with Crippen LogP contribution < -0.4 is 10.2 Å². The van der Waals surface area contributed by atoms with E-state index in [1.54, 1.807) is 12.1 Å². The molecule has 1 atom stereocenters. The van der Waals surface area contributed by atoms with Gasteiger partial charge in [0.05, 0.1) is 12.2 Å². The van der Waals surface area contributed by atoms with Gasteiger partial charge in [-0.25, -0.2) is 0 Å². The second kappa shape index (κ2) is 7.28. The molecule has 1 amide bonds. The molecule has 0 radical (unpaired) electrons. The Balaban J connectivity index is 1.71. The lowest BCUT2D eigenvalue weighted by Gasteiger charge is -2.34. The number of hydrogen-bond acceptors (Lipinski definition) is 3. The Labute approximate surface area is 146 Å². The van der Waals surface area contributed by atoms with E-state index < -0.39 is 0 Å². The molecule has 0 spiro atoms. The number of amides is 1. The molecule has 0 fully saturated rings. The zero-order valence-electron chi connectivity index (χ0n) is 13.0. The van der Waals surface area contributed by atoms with Gasteiger partial charge in [-0.15, -0.1) is 11.8 Å². The first-order valence-electron chi connectivity index (χ1n) is 7.71. The standard InChI is InChI=1S/C18H19ClN2OS/c1-2-15-11-21(16-5-3-4-6-17(16)23-15)12-18(22)20-14-9-7-13(19)8-10-14/h3-10,15H,2,11-12H2,1H3,(H,20,22)/t15-/m0/s1. The van der Waals surface area contributed by atoms with Crippen molar-refractivity contribution in [2.75, 3.05) is 23.3 Å². The first kappa shape index (κ1) is 16.2. The summed E-state index contributed by atoms with van der Waals surface area (Å²) in [4.78, 5) is 15.8. The van der Waals surface area contributed by atoms with Gasteiger partial charge >= 0.3 is 0 Å². The number of fused-ring (bicyclic) bond motifs is 1. The highest BCUT2D eigenvalue weighted by molar-refractivity contribution is 8.00. The average molecular weight is 347 g/mol. The molecule has 0 bridgehead atoms. The van der Waals surface area contributed by atoms with Gasteiger partial charge in [0.25, 0.3) is 0 Å². The van der Waals surface area contributed by atoms with E-state index in [9.17, 15) is 4.79 Å². The van der Waals surface area contributed by atoms with Crippen molar-refractivity contribution in [1.29, 1.82) is 0 Å². The summed E-state index contributed by atoms with van der Waals surface area (Å²) in [6.45, 7) is 3.44. The molecule has 1 aliphatic heterocycles. The van der Waals surface area contributed by atoms with E-state index in [4.69, 9.17) is 11.6 Å². The Morgan fingerprint density at radius 1 is 1.26 bits per heavy atom. The lowest BCUT2D eigenvalue weighted by molar-refractivity contribution is -0.115. The fourth-order valence-corrected chi connectivity index (χ4v) is 4.03. The van der Waals surface area contributed by atoms with E-state index in [-0.39, 0.29) is 5.91 Å². The van der Waals surface area contributed by atoms with Crippen LogP contribution in [-0.2, 0) is 4.79 Å². The monoisotopic (exact) mass is 346 g/mol. The summed E-state index contributed by atoms with van der Waals surface area (Å²) in [6, 6.07) is 15.5. The Morgan fingerprint density at radius 2 is 2.00 bits per heavy atom. The molecule has 0 unspecified atom stereocenters. The normalized spacial score (nSPS) is 16.8. The smallest absolute Gasteiger partial charge is 0.243 e. The van der Waals surface area contributed by atoms with Gasteiger partial charge < -0.3 is 10.2 Å². The van der Waals surface area contributed by atoms with Crippen molar-refractivity contribution in [3.63, 3.8) is 0 Å². The minimum Gasteiger partial charge on any atom is -0.360 e. The van der Waals surface area contributed by atoms with Crippen LogP contribution in [0.2, 0.25) is 5.02 Å². The Bertz CT molecular complexity index is 690. The summed E-state index contributed by atoms with van der Waals surface area (Å²) >= 11 is 7.77. The van der Waals surface area contributed by atoms with Crippen LogP contribution >= 0.6 is 23.4 Å². The number of carbonyl (C=O) groups is 1. The van der Waals surface area contributed by atoms with E-state index >= 15 is 0 Å². The number of para-hydroxylation sites is 1. The number of nitrogens with one attached hydrogen (secondary N) is 1. The van der Waals surface area contributed by atoms with Crippen molar-refractivity contribution >= 4 is 40.6 Å². The number of benzene rings is 2. The van der Waals surface area contributed by atoms with Crippen LogP contribution in [-0.4, -0.2) is 24.2 Å². The van der Waals surface area contributed by atoms with Gasteiger partial charge in [0.2, 0.25) is 5.91 Å². The number of hydrogen-bond donors (Lipinski definition) is 1. The second-order valence-electron chi connectivity index (χ2n) is 5.55. The van der Waals surface area contributed by atoms with E-state index in [1.807, 2.05) is 30.0 Å². The highest BCUT2D eigenvalue weighted by Gasteiger charge is 2.25. The number of thioether (sulfide) groups is 1. The maximum absolute atomic E-state index is 12.4. The van der Waals surface area contributed by atoms with Gasteiger partial charge in [-0.05, 0) is 42.8 Å². The van der Waals surface area contributed by atoms with Crippen LogP contribution in [0.4, 0.5) is 11.4 Å². The molecule has 3 rings (SSSR count). The van der Waals surface area contributed by atoms with Crippen LogP contribution in [0.3, 0.4) is 0 Å². The third kappa shape index (κ3) is 4.01. The number of halogens is 1. The van der Waals surface area contributed by atoms with Crippen LogP contribution in [0.1, 0.15) is 13.3 Å². The molecule has 5 heteroatoms. The molecule has 2 aromatic carbocycles. The Morgan fingerprint density at radius 3 is 2.74 bits per heavy atom. The molecular formula is C18H19ClN2OS. The zero-order valence-corrected chi connectivity index (χ0v) is 14.5. The fourth-order valence-electron chi connectivity index (χ4n) is 2.65. The Kier molecular flexibility index (Phi) is 5.13. The predicted octanol–water partition coefficient (Wildman–Crippen LogP) is 4.67. The zero-order chi connectivity index (χ0) is 16.2. The average Bonchev–Trinajstić information content (AvgIpc) is 2.56. The summed E-state index contributed by atoms with van der Waals surface area (Å²) in [7, 11) is 0. The largest absolute Gasteiger partial charge is 0.360 e. The molecule has 23 heavy (non-hydrogen) atoms.